The van der Waals surface area contributed by atoms with E-state index in [1.54, 1.807) is 0 Å². The van der Waals surface area contributed by atoms with Crippen LogP contribution in [0.2, 0.25) is 0 Å². The van der Waals surface area contributed by atoms with E-state index in [0.29, 0.717) is 12.1 Å². The SMILES string of the molecule is CCOC1CC(CN)(NC(C)C)C1. The first kappa shape index (κ1) is 11.0. The molecule has 78 valence electrons. The average molecular weight is 186 g/mol. The van der Waals surface area contributed by atoms with E-state index >= 15 is 0 Å². The second kappa shape index (κ2) is 4.40. The Balaban J connectivity index is 2.31. The molecular formula is C10H22N2O. The molecule has 0 aromatic heterocycles. The van der Waals surface area contributed by atoms with Crippen LogP contribution >= 0.6 is 0 Å². The Morgan fingerprint density at radius 2 is 2.15 bits per heavy atom. The summed E-state index contributed by atoms with van der Waals surface area (Å²) in [5.74, 6) is 0. The van der Waals surface area contributed by atoms with E-state index in [1.165, 1.54) is 0 Å². The van der Waals surface area contributed by atoms with Crippen molar-refractivity contribution in [1.82, 2.24) is 5.32 Å². The van der Waals surface area contributed by atoms with Gasteiger partial charge in [-0.15, -0.1) is 0 Å². The van der Waals surface area contributed by atoms with Gasteiger partial charge >= 0.3 is 0 Å². The standard InChI is InChI=1S/C10H22N2O/c1-4-13-9-5-10(6-9,7-11)12-8(2)3/h8-9,12H,4-7,11H2,1-3H3. The number of ether oxygens (including phenoxy) is 1. The van der Waals surface area contributed by atoms with E-state index < -0.39 is 0 Å². The Morgan fingerprint density at radius 3 is 2.54 bits per heavy atom. The fourth-order valence-corrected chi connectivity index (χ4v) is 2.12. The van der Waals surface area contributed by atoms with Crippen LogP contribution in [0, 0.1) is 0 Å². The summed E-state index contributed by atoms with van der Waals surface area (Å²) in [7, 11) is 0. The van der Waals surface area contributed by atoms with Crippen LogP contribution in [0.3, 0.4) is 0 Å². The molecule has 0 aromatic carbocycles. The number of nitrogens with one attached hydrogen (secondary N) is 1. The normalized spacial score (nSPS) is 33.5. The Morgan fingerprint density at radius 1 is 1.54 bits per heavy atom. The minimum absolute atomic E-state index is 0.161. The van der Waals surface area contributed by atoms with Crippen LogP contribution in [-0.4, -0.2) is 30.8 Å². The van der Waals surface area contributed by atoms with Crippen molar-refractivity contribution in [3.8, 4) is 0 Å². The molecule has 0 aliphatic heterocycles. The average Bonchev–Trinajstić information content (AvgIpc) is 1.99. The predicted octanol–water partition coefficient (Wildman–Crippen LogP) is 0.881. The molecule has 0 saturated heterocycles. The summed E-state index contributed by atoms with van der Waals surface area (Å²) >= 11 is 0. The first-order valence-electron chi connectivity index (χ1n) is 5.21. The lowest BCUT2D eigenvalue weighted by atomic mass is 9.73. The fourth-order valence-electron chi connectivity index (χ4n) is 2.12. The van der Waals surface area contributed by atoms with Gasteiger partial charge in [0.05, 0.1) is 6.10 Å². The zero-order chi connectivity index (χ0) is 9.90. The van der Waals surface area contributed by atoms with Crippen LogP contribution in [0.4, 0.5) is 0 Å². The highest BCUT2D eigenvalue weighted by Gasteiger charge is 2.43. The molecule has 13 heavy (non-hydrogen) atoms. The Kier molecular flexibility index (Phi) is 3.71. The molecule has 1 rings (SSSR count). The van der Waals surface area contributed by atoms with E-state index in [-0.39, 0.29) is 5.54 Å². The molecule has 0 bridgehead atoms. The molecule has 0 radical (unpaired) electrons. The van der Waals surface area contributed by atoms with E-state index in [4.69, 9.17) is 10.5 Å². The molecular weight excluding hydrogens is 164 g/mol. The van der Waals surface area contributed by atoms with Crippen LogP contribution < -0.4 is 11.1 Å². The minimum atomic E-state index is 0.161. The molecule has 3 nitrogen and oxygen atoms in total. The van der Waals surface area contributed by atoms with Gasteiger partial charge in [-0.1, -0.05) is 13.8 Å². The number of nitrogens with two attached hydrogens (primary N) is 1. The first-order chi connectivity index (χ1) is 6.12. The molecule has 0 atom stereocenters. The van der Waals surface area contributed by atoms with Gasteiger partial charge in [-0.3, -0.25) is 0 Å². The second-order valence-electron chi connectivity index (χ2n) is 4.27. The molecule has 0 amide bonds. The largest absolute Gasteiger partial charge is 0.378 e. The van der Waals surface area contributed by atoms with E-state index in [1.807, 2.05) is 6.92 Å². The van der Waals surface area contributed by atoms with Gasteiger partial charge in [-0.2, -0.15) is 0 Å². The van der Waals surface area contributed by atoms with Crippen molar-refractivity contribution in [1.29, 1.82) is 0 Å². The number of hydrogen-bond acceptors (Lipinski definition) is 3. The molecule has 1 fully saturated rings. The maximum atomic E-state index is 5.76. The topological polar surface area (TPSA) is 47.3 Å². The van der Waals surface area contributed by atoms with Gasteiger partial charge in [-0.25, -0.2) is 0 Å². The van der Waals surface area contributed by atoms with Crippen molar-refractivity contribution in [2.24, 2.45) is 5.73 Å². The third-order valence-corrected chi connectivity index (χ3v) is 2.62. The van der Waals surface area contributed by atoms with Crippen molar-refractivity contribution in [2.45, 2.75) is 51.3 Å². The van der Waals surface area contributed by atoms with Crippen LogP contribution in [0.5, 0.6) is 0 Å². The van der Waals surface area contributed by atoms with Gasteiger partial charge in [0.25, 0.3) is 0 Å². The fraction of sp³-hybridized carbons (Fsp3) is 1.00. The Hall–Kier alpha value is -0.120. The lowest BCUT2D eigenvalue weighted by molar-refractivity contribution is -0.0500. The quantitative estimate of drug-likeness (QED) is 0.670. The number of rotatable bonds is 5. The van der Waals surface area contributed by atoms with E-state index in [9.17, 15) is 0 Å². The van der Waals surface area contributed by atoms with Crippen molar-refractivity contribution in [2.75, 3.05) is 13.2 Å². The molecule has 0 unspecified atom stereocenters. The van der Waals surface area contributed by atoms with Crippen LogP contribution in [0.15, 0.2) is 0 Å². The summed E-state index contributed by atoms with van der Waals surface area (Å²) in [5.41, 5.74) is 5.92. The first-order valence-corrected chi connectivity index (χ1v) is 5.21. The Labute approximate surface area is 81.0 Å². The number of hydrogen-bond donors (Lipinski definition) is 2. The zero-order valence-corrected chi connectivity index (χ0v) is 8.97. The summed E-state index contributed by atoms with van der Waals surface area (Å²) in [6.07, 6.45) is 2.56. The van der Waals surface area contributed by atoms with Crippen molar-refractivity contribution in [3.63, 3.8) is 0 Å². The summed E-state index contributed by atoms with van der Waals surface area (Å²) in [6.45, 7) is 7.89. The smallest absolute Gasteiger partial charge is 0.0611 e. The highest BCUT2D eigenvalue weighted by atomic mass is 16.5. The predicted molar refractivity (Wildman–Crippen MR) is 54.7 cm³/mol. The highest BCUT2D eigenvalue weighted by Crippen LogP contribution is 2.34. The van der Waals surface area contributed by atoms with Gasteiger partial charge in [0.1, 0.15) is 0 Å². The van der Waals surface area contributed by atoms with E-state index in [2.05, 4.69) is 19.2 Å². The lowest BCUT2D eigenvalue weighted by Gasteiger charge is -2.48. The Bertz CT molecular complexity index is 153. The molecule has 1 aliphatic carbocycles. The molecule has 1 saturated carbocycles. The van der Waals surface area contributed by atoms with Gasteiger partial charge in [0.15, 0.2) is 0 Å². The summed E-state index contributed by atoms with van der Waals surface area (Å²) in [6, 6.07) is 0.506. The van der Waals surface area contributed by atoms with Crippen molar-refractivity contribution >= 4 is 0 Å². The van der Waals surface area contributed by atoms with Crippen molar-refractivity contribution in [3.05, 3.63) is 0 Å². The highest BCUT2D eigenvalue weighted by molar-refractivity contribution is 5.03. The van der Waals surface area contributed by atoms with Gasteiger partial charge in [0.2, 0.25) is 0 Å². The summed E-state index contributed by atoms with van der Waals surface area (Å²) in [5, 5.41) is 3.53. The maximum Gasteiger partial charge on any atom is 0.0611 e. The van der Waals surface area contributed by atoms with Crippen LogP contribution in [0.25, 0.3) is 0 Å². The third-order valence-electron chi connectivity index (χ3n) is 2.62. The molecule has 3 heteroatoms. The van der Waals surface area contributed by atoms with Crippen LogP contribution in [-0.2, 0) is 4.74 Å². The van der Waals surface area contributed by atoms with E-state index in [0.717, 1.165) is 26.0 Å². The van der Waals surface area contributed by atoms with Crippen LogP contribution in [0.1, 0.15) is 33.6 Å². The molecule has 1 aliphatic rings. The van der Waals surface area contributed by atoms with Gasteiger partial charge < -0.3 is 15.8 Å². The van der Waals surface area contributed by atoms with Gasteiger partial charge in [0, 0.05) is 24.7 Å². The maximum absolute atomic E-state index is 5.76. The monoisotopic (exact) mass is 186 g/mol. The lowest BCUT2D eigenvalue weighted by Crippen LogP contribution is -2.64. The molecule has 0 heterocycles. The van der Waals surface area contributed by atoms with Gasteiger partial charge in [-0.05, 0) is 19.8 Å². The zero-order valence-electron chi connectivity index (χ0n) is 8.97. The summed E-state index contributed by atoms with van der Waals surface area (Å²) in [4.78, 5) is 0. The minimum Gasteiger partial charge on any atom is -0.378 e. The molecule has 0 aromatic rings. The second-order valence-corrected chi connectivity index (χ2v) is 4.27. The van der Waals surface area contributed by atoms with Crippen molar-refractivity contribution < 1.29 is 4.74 Å². The third kappa shape index (κ3) is 2.66. The molecule has 0 spiro atoms. The molecule has 3 N–H and O–H groups in total. The summed E-state index contributed by atoms with van der Waals surface area (Å²) < 4.78 is 5.52.